The standard InChI is InChI=1S/C10H14INOS/c1-10(2,3)14(12,13)9-7-5-4-6-8(9)11/h4-7,12H,1-3H3. The molecule has 1 rings (SSSR count). The first-order chi connectivity index (χ1) is 6.27. The molecule has 0 saturated heterocycles. The molecule has 1 aromatic rings. The predicted molar refractivity (Wildman–Crippen MR) is 68.0 cm³/mol. The number of nitrogens with one attached hydrogen (secondary N) is 1. The molecule has 1 atom stereocenters. The van der Waals surface area contributed by atoms with E-state index in [2.05, 4.69) is 22.6 Å². The molecular formula is C10H14INOS. The Balaban J connectivity index is 3.40. The Labute approximate surface area is 99.2 Å². The van der Waals surface area contributed by atoms with E-state index in [0.29, 0.717) is 4.90 Å². The van der Waals surface area contributed by atoms with Gasteiger partial charge in [-0.3, -0.25) is 0 Å². The summed E-state index contributed by atoms with van der Waals surface area (Å²) in [4.78, 5) is 0.646. The first-order valence-corrected chi connectivity index (χ1v) is 6.93. The summed E-state index contributed by atoms with van der Waals surface area (Å²) >= 11 is 2.13. The van der Waals surface area contributed by atoms with Gasteiger partial charge >= 0.3 is 0 Å². The van der Waals surface area contributed by atoms with Gasteiger partial charge in [0.1, 0.15) is 0 Å². The minimum atomic E-state index is -2.71. The Kier molecular flexibility index (Phi) is 3.26. The van der Waals surface area contributed by atoms with Crippen LogP contribution in [0.4, 0.5) is 0 Å². The lowest BCUT2D eigenvalue weighted by Gasteiger charge is -2.23. The Bertz CT molecular complexity index is 432. The number of hydrogen-bond donors (Lipinski definition) is 1. The van der Waals surface area contributed by atoms with E-state index in [1.807, 2.05) is 39.0 Å². The lowest BCUT2D eigenvalue weighted by Crippen LogP contribution is -2.27. The fourth-order valence-corrected chi connectivity index (χ4v) is 3.60. The van der Waals surface area contributed by atoms with E-state index in [4.69, 9.17) is 4.78 Å². The summed E-state index contributed by atoms with van der Waals surface area (Å²) in [5.74, 6) is 0. The van der Waals surface area contributed by atoms with E-state index in [0.717, 1.165) is 3.57 Å². The van der Waals surface area contributed by atoms with Crippen LogP contribution in [0.15, 0.2) is 29.2 Å². The van der Waals surface area contributed by atoms with Crippen LogP contribution in [0, 0.1) is 8.35 Å². The third-order valence-electron chi connectivity index (χ3n) is 2.01. The van der Waals surface area contributed by atoms with Crippen LogP contribution in [0.5, 0.6) is 0 Å². The van der Waals surface area contributed by atoms with E-state index in [9.17, 15) is 4.21 Å². The molecule has 0 spiro atoms. The molecule has 0 heterocycles. The van der Waals surface area contributed by atoms with Gasteiger partial charge in [0.2, 0.25) is 0 Å². The summed E-state index contributed by atoms with van der Waals surface area (Å²) in [7, 11) is -2.71. The van der Waals surface area contributed by atoms with Gasteiger partial charge in [-0.05, 0) is 55.5 Å². The van der Waals surface area contributed by atoms with Crippen LogP contribution in [0.25, 0.3) is 0 Å². The second kappa shape index (κ2) is 3.81. The lowest BCUT2D eigenvalue weighted by molar-refractivity contribution is 0.636. The van der Waals surface area contributed by atoms with Crippen molar-refractivity contribution in [1.82, 2.24) is 0 Å². The highest BCUT2D eigenvalue weighted by Crippen LogP contribution is 2.28. The minimum Gasteiger partial charge on any atom is -0.248 e. The molecule has 0 saturated carbocycles. The quantitative estimate of drug-likeness (QED) is 0.790. The van der Waals surface area contributed by atoms with Gasteiger partial charge in [-0.2, -0.15) is 0 Å². The van der Waals surface area contributed by atoms with Crippen molar-refractivity contribution in [2.45, 2.75) is 30.4 Å². The fourth-order valence-electron chi connectivity index (χ4n) is 1.01. The molecule has 0 amide bonds. The summed E-state index contributed by atoms with van der Waals surface area (Å²) in [6.07, 6.45) is 0. The largest absolute Gasteiger partial charge is 0.248 e. The summed E-state index contributed by atoms with van der Waals surface area (Å²) in [6, 6.07) is 7.39. The van der Waals surface area contributed by atoms with Crippen LogP contribution in [0.1, 0.15) is 20.8 Å². The second-order valence-electron chi connectivity index (χ2n) is 4.10. The molecule has 0 fully saturated rings. The maximum atomic E-state index is 12.3. The zero-order valence-electron chi connectivity index (χ0n) is 8.50. The Morgan fingerprint density at radius 1 is 1.29 bits per heavy atom. The van der Waals surface area contributed by atoms with Gasteiger partial charge in [0.05, 0.1) is 14.6 Å². The van der Waals surface area contributed by atoms with Crippen molar-refractivity contribution in [2.75, 3.05) is 0 Å². The number of rotatable bonds is 1. The maximum absolute atomic E-state index is 12.3. The molecule has 78 valence electrons. The summed E-state index contributed by atoms with van der Waals surface area (Å²) < 4.78 is 20.7. The van der Waals surface area contributed by atoms with Gasteiger partial charge in [-0.1, -0.05) is 12.1 Å². The molecule has 1 aromatic carbocycles. The van der Waals surface area contributed by atoms with E-state index < -0.39 is 14.5 Å². The molecule has 0 aliphatic carbocycles. The van der Waals surface area contributed by atoms with Crippen molar-refractivity contribution in [3.05, 3.63) is 27.8 Å². The predicted octanol–water partition coefficient (Wildman–Crippen LogP) is 3.50. The fraction of sp³-hybridized carbons (Fsp3) is 0.400. The van der Waals surface area contributed by atoms with Crippen molar-refractivity contribution >= 4 is 32.3 Å². The molecule has 0 aliphatic rings. The number of hydrogen-bond acceptors (Lipinski definition) is 2. The topological polar surface area (TPSA) is 40.9 Å². The van der Waals surface area contributed by atoms with Gasteiger partial charge in [0.15, 0.2) is 0 Å². The van der Waals surface area contributed by atoms with Gasteiger partial charge in [-0.25, -0.2) is 8.99 Å². The average Bonchev–Trinajstić information content (AvgIpc) is 2.02. The molecule has 0 bridgehead atoms. The Morgan fingerprint density at radius 2 is 1.79 bits per heavy atom. The summed E-state index contributed by atoms with van der Waals surface area (Å²) in [5, 5.41) is 0. The van der Waals surface area contributed by atoms with Crippen molar-refractivity contribution in [3.8, 4) is 0 Å². The van der Waals surface area contributed by atoms with Crippen molar-refractivity contribution in [1.29, 1.82) is 4.78 Å². The van der Waals surface area contributed by atoms with E-state index in [1.54, 1.807) is 6.07 Å². The first-order valence-electron chi connectivity index (χ1n) is 4.30. The summed E-state index contributed by atoms with van der Waals surface area (Å²) in [6.45, 7) is 5.52. The third kappa shape index (κ3) is 2.11. The zero-order chi connectivity index (χ0) is 11.0. The van der Waals surface area contributed by atoms with Gasteiger partial charge < -0.3 is 0 Å². The maximum Gasteiger partial charge on any atom is 0.0786 e. The molecule has 1 N–H and O–H groups in total. The highest BCUT2D eigenvalue weighted by Gasteiger charge is 2.28. The Hall–Kier alpha value is -0.100. The highest BCUT2D eigenvalue weighted by molar-refractivity contribution is 14.1. The molecule has 2 nitrogen and oxygen atoms in total. The summed E-state index contributed by atoms with van der Waals surface area (Å²) in [5.41, 5.74) is 0. The highest BCUT2D eigenvalue weighted by atomic mass is 127. The first kappa shape index (κ1) is 12.0. The van der Waals surface area contributed by atoms with Crippen LogP contribution in [-0.4, -0.2) is 8.96 Å². The molecule has 1 unspecified atom stereocenters. The zero-order valence-corrected chi connectivity index (χ0v) is 11.5. The van der Waals surface area contributed by atoms with Crippen LogP contribution in [0.2, 0.25) is 0 Å². The smallest absolute Gasteiger partial charge is 0.0786 e. The monoisotopic (exact) mass is 323 g/mol. The van der Waals surface area contributed by atoms with E-state index in [-0.39, 0.29) is 0 Å². The molecule has 4 heteroatoms. The molecule has 0 aliphatic heterocycles. The van der Waals surface area contributed by atoms with Crippen molar-refractivity contribution < 1.29 is 4.21 Å². The van der Waals surface area contributed by atoms with E-state index in [1.165, 1.54) is 0 Å². The van der Waals surface area contributed by atoms with Gasteiger partial charge in [0, 0.05) is 8.32 Å². The third-order valence-corrected chi connectivity index (χ3v) is 6.02. The second-order valence-corrected chi connectivity index (χ2v) is 8.04. The van der Waals surface area contributed by atoms with Crippen LogP contribution >= 0.6 is 22.6 Å². The SMILES string of the molecule is CC(C)(C)S(=N)(=O)c1ccccc1I. The number of halogens is 1. The molecule has 0 aromatic heterocycles. The van der Waals surface area contributed by atoms with Crippen molar-refractivity contribution in [2.24, 2.45) is 0 Å². The molecular weight excluding hydrogens is 309 g/mol. The Morgan fingerprint density at radius 3 is 2.21 bits per heavy atom. The van der Waals surface area contributed by atoms with Crippen LogP contribution in [-0.2, 0) is 9.73 Å². The number of benzene rings is 1. The van der Waals surface area contributed by atoms with Gasteiger partial charge in [-0.15, -0.1) is 0 Å². The molecule has 0 radical (unpaired) electrons. The van der Waals surface area contributed by atoms with Crippen molar-refractivity contribution in [3.63, 3.8) is 0 Å². The van der Waals surface area contributed by atoms with Crippen LogP contribution < -0.4 is 0 Å². The molecule has 14 heavy (non-hydrogen) atoms. The lowest BCUT2D eigenvalue weighted by atomic mass is 10.3. The average molecular weight is 323 g/mol. The van der Waals surface area contributed by atoms with E-state index >= 15 is 0 Å². The minimum absolute atomic E-state index is 0.520. The van der Waals surface area contributed by atoms with Crippen LogP contribution in [0.3, 0.4) is 0 Å². The van der Waals surface area contributed by atoms with Gasteiger partial charge in [0.25, 0.3) is 0 Å². The normalized spacial score (nSPS) is 16.3.